The van der Waals surface area contributed by atoms with Gasteiger partial charge < -0.3 is 10.2 Å². The molecule has 0 bridgehead atoms. The molecule has 26 heavy (non-hydrogen) atoms. The Balaban J connectivity index is 2.25. The fraction of sp³-hybridized carbons (Fsp3) is 0.300. The number of hydrogen-bond donors (Lipinski definition) is 1. The number of benzene rings is 2. The second kappa shape index (κ2) is 9.34. The summed E-state index contributed by atoms with van der Waals surface area (Å²) in [5.74, 6) is -0.739. The van der Waals surface area contributed by atoms with E-state index in [0.717, 1.165) is 11.1 Å². The summed E-state index contributed by atoms with van der Waals surface area (Å²) in [6, 6.07) is 12.4. The van der Waals surface area contributed by atoms with E-state index in [9.17, 15) is 14.0 Å². The van der Waals surface area contributed by atoms with Gasteiger partial charge in [-0.25, -0.2) is 4.39 Å². The third-order valence-electron chi connectivity index (χ3n) is 4.17. The van der Waals surface area contributed by atoms with Crippen LogP contribution < -0.4 is 5.32 Å². The molecule has 1 atom stereocenters. The van der Waals surface area contributed by atoms with Crippen molar-refractivity contribution in [2.45, 2.75) is 32.4 Å². The number of rotatable bonds is 7. The van der Waals surface area contributed by atoms with Crippen molar-refractivity contribution in [2.24, 2.45) is 0 Å². The normalized spacial score (nSPS) is 11.7. The first-order valence-electron chi connectivity index (χ1n) is 8.44. The van der Waals surface area contributed by atoms with E-state index < -0.39 is 6.04 Å². The molecule has 6 heteroatoms. The molecular formula is C20H22ClFN2O2. The highest BCUT2D eigenvalue weighted by Crippen LogP contribution is 2.16. The first kappa shape index (κ1) is 19.9. The van der Waals surface area contributed by atoms with Gasteiger partial charge in [-0.2, -0.15) is 0 Å². The van der Waals surface area contributed by atoms with Crippen LogP contribution in [0.3, 0.4) is 0 Å². The van der Waals surface area contributed by atoms with Crippen LogP contribution in [0.1, 0.15) is 24.5 Å². The smallest absolute Gasteiger partial charge is 0.242 e. The maximum Gasteiger partial charge on any atom is 0.242 e. The molecule has 4 nitrogen and oxygen atoms in total. The first-order valence-corrected chi connectivity index (χ1v) is 8.82. The third kappa shape index (κ3) is 5.30. The molecule has 0 aromatic heterocycles. The van der Waals surface area contributed by atoms with Crippen molar-refractivity contribution in [1.29, 1.82) is 0 Å². The van der Waals surface area contributed by atoms with Crippen molar-refractivity contribution in [1.82, 2.24) is 10.2 Å². The fourth-order valence-corrected chi connectivity index (χ4v) is 2.88. The van der Waals surface area contributed by atoms with E-state index >= 15 is 0 Å². The van der Waals surface area contributed by atoms with E-state index in [0.29, 0.717) is 11.4 Å². The molecule has 0 saturated carbocycles. The van der Waals surface area contributed by atoms with Gasteiger partial charge in [-0.1, -0.05) is 42.8 Å². The fourth-order valence-electron chi connectivity index (χ4n) is 2.75. The molecule has 0 saturated heterocycles. The predicted octanol–water partition coefficient (Wildman–Crippen LogP) is 3.58. The van der Waals surface area contributed by atoms with Crippen LogP contribution in [0.4, 0.5) is 4.39 Å². The minimum absolute atomic E-state index is 0.159. The van der Waals surface area contributed by atoms with E-state index in [4.69, 9.17) is 11.6 Å². The lowest BCUT2D eigenvalue weighted by molar-refractivity contribution is -0.140. The quantitative estimate of drug-likeness (QED) is 0.803. The summed E-state index contributed by atoms with van der Waals surface area (Å²) in [6.45, 7) is 2.09. The van der Waals surface area contributed by atoms with Gasteiger partial charge in [-0.3, -0.25) is 9.59 Å². The summed E-state index contributed by atoms with van der Waals surface area (Å²) in [5.41, 5.74) is 1.58. The molecule has 138 valence electrons. The average molecular weight is 377 g/mol. The van der Waals surface area contributed by atoms with Crippen LogP contribution >= 0.6 is 11.6 Å². The largest absolute Gasteiger partial charge is 0.357 e. The van der Waals surface area contributed by atoms with Gasteiger partial charge in [0.25, 0.3) is 0 Å². The van der Waals surface area contributed by atoms with Crippen molar-refractivity contribution in [3.05, 3.63) is 70.5 Å². The molecule has 2 rings (SSSR count). The number of carbonyl (C=O) groups is 2. The number of halogens is 2. The second-order valence-electron chi connectivity index (χ2n) is 5.99. The van der Waals surface area contributed by atoms with E-state index in [2.05, 4.69) is 5.32 Å². The lowest BCUT2D eigenvalue weighted by Gasteiger charge is -2.30. The van der Waals surface area contributed by atoms with Crippen LogP contribution in [0.15, 0.2) is 48.5 Å². The lowest BCUT2D eigenvalue weighted by Crippen LogP contribution is -2.48. The molecule has 0 aliphatic carbocycles. The monoisotopic (exact) mass is 376 g/mol. The zero-order chi connectivity index (χ0) is 19.1. The number of hydrogen-bond acceptors (Lipinski definition) is 2. The molecule has 0 radical (unpaired) electrons. The Morgan fingerprint density at radius 2 is 1.65 bits per heavy atom. The summed E-state index contributed by atoms with van der Waals surface area (Å²) < 4.78 is 13.2. The van der Waals surface area contributed by atoms with Crippen molar-refractivity contribution < 1.29 is 14.0 Å². The Hall–Kier alpha value is -2.40. The van der Waals surface area contributed by atoms with Crippen molar-refractivity contribution in [2.75, 3.05) is 7.05 Å². The predicted molar refractivity (Wildman–Crippen MR) is 100 cm³/mol. The highest BCUT2D eigenvalue weighted by atomic mass is 35.5. The van der Waals surface area contributed by atoms with Crippen LogP contribution in [0, 0.1) is 5.82 Å². The first-order chi connectivity index (χ1) is 12.4. The summed E-state index contributed by atoms with van der Waals surface area (Å²) in [5, 5.41) is 3.21. The molecule has 2 aromatic carbocycles. The Labute approximate surface area is 158 Å². The zero-order valence-electron chi connectivity index (χ0n) is 14.8. The van der Waals surface area contributed by atoms with Gasteiger partial charge in [0.2, 0.25) is 11.8 Å². The van der Waals surface area contributed by atoms with E-state index in [1.807, 2.05) is 6.92 Å². The number of carbonyl (C=O) groups excluding carboxylic acids is 2. The van der Waals surface area contributed by atoms with Crippen LogP contribution in [0.25, 0.3) is 0 Å². The highest BCUT2D eigenvalue weighted by Gasteiger charge is 2.27. The van der Waals surface area contributed by atoms with Crippen molar-refractivity contribution in [3.63, 3.8) is 0 Å². The minimum atomic E-state index is -0.593. The molecule has 0 aliphatic heterocycles. The number of likely N-dealkylation sites (N-methyl/N-ethyl adjacent to an activating group) is 1. The molecule has 0 heterocycles. The Kier molecular flexibility index (Phi) is 7.16. The summed E-state index contributed by atoms with van der Waals surface area (Å²) in [6.07, 6.45) is 0.638. The Morgan fingerprint density at radius 1 is 1.08 bits per heavy atom. The van der Waals surface area contributed by atoms with Gasteiger partial charge in [0.15, 0.2) is 0 Å². The molecule has 0 aliphatic rings. The van der Waals surface area contributed by atoms with E-state index in [1.165, 1.54) is 12.1 Å². The molecular weight excluding hydrogens is 355 g/mol. The van der Waals surface area contributed by atoms with Crippen molar-refractivity contribution in [3.8, 4) is 0 Å². The maximum atomic E-state index is 13.2. The lowest BCUT2D eigenvalue weighted by atomic mass is 10.1. The molecule has 0 spiro atoms. The standard InChI is InChI=1S/C20H22ClFN2O2/c1-3-18(20(26)23-2)24(13-15-6-10-17(22)11-7-15)19(25)12-14-4-8-16(21)9-5-14/h4-11,18H,3,12-13H2,1-2H3,(H,23,26)/t18-/m1/s1. The van der Waals surface area contributed by atoms with Gasteiger partial charge >= 0.3 is 0 Å². The molecule has 2 amide bonds. The molecule has 0 fully saturated rings. The van der Waals surface area contributed by atoms with E-state index in [1.54, 1.807) is 48.3 Å². The average Bonchev–Trinajstić information content (AvgIpc) is 2.64. The zero-order valence-corrected chi connectivity index (χ0v) is 15.6. The van der Waals surface area contributed by atoms with Gasteiger partial charge in [-0.05, 0) is 41.8 Å². The van der Waals surface area contributed by atoms with Gasteiger partial charge in [0, 0.05) is 18.6 Å². The SMILES string of the molecule is CC[C@H](C(=O)NC)N(Cc1ccc(F)cc1)C(=O)Cc1ccc(Cl)cc1. The topological polar surface area (TPSA) is 49.4 Å². The highest BCUT2D eigenvalue weighted by molar-refractivity contribution is 6.30. The third-order valence-corrected chi connectivity index (χ3v) is 4.42. The molecule has 0 unspecified atom stereocenters. The van der Waals surface area contributed by atoms with Crippen molar-refractivity contribution >= 4 is 23.4 Å². The second-order valence-corrected chi connectivity index (χ2v) is 6.43. The molecule has 1 N–H and O–H groups in total. The van der Waals surface area contributed by atoms with Crippen LogP contribution in [-0.2, 0) is 22.6 Å². The summed E-state index contributed by atoms with van der Waals surface area (Å²) in [4.78, 5) is 26.7. The Morgan fingerprint density at radius 3 is 2.19 bits per heavy atom. The van der Waals surface area contributed by atoms with Gasteiger partial charge in [0.05, 0.1) is 6.42 Å². The number of nitrogens with zero attached hydrogens (tertiary/aromatic N) is 1. The van der Waals surface area contributed by atoms with Crippen LogP contribution in [-0.4, -0.2) is 29.8 Å². The maximum absolute atomic E-state index is 13.2. The number of nitrogens with one attached hydrogen (secondary N) is 1. The van der Waals surface area contributed by atoms with Crippen LogP contribution in [0.5, 0.6) is 0 Å². The van der Waals surface area contributed by atoms with Gasteiger partial charge in [-0.15, -0.1) is 0 Å². The molecule has 2 aromatic rings. The summed E-state index contributed by atoms with van der Waals surface area (Å²) >= 11 is 5.89. The number of amides is 2. The summed E-state index contributed by atoms with van der Waals surface area (Å²) in [7, 11) is 1.55. The minimum Gasteiger partial charge on any atom is -0.357 e. The van der Waals surface area contributed by atoms with Crippen LogP contribution in [0.2, 0.25) is 5.02 Å². The Bertz CT molecular complexity index is 747. The van der Waals surface area contributed by atoms with E-state index in [-0.39, 0.29) is 30.6 Å². The van der Waals surface area contributed by atoms with Gasteiger partial charge in [0.1, 0.15) is 11.9 Å².